The van der Waals surface area contributed by atoms with Crippen LogP contribution in [0.25, 0.3) is 10.9 Å². The molecule has 0 bridgehead atoms. The fourth-order valence-corrected chi connectivity index (χ4v) is 11.9. The summed E-state index contributed by atoms with van der Waals surface area (Å²) in [5, 5.41) is 28.5. The third kappa shape index (κ3) is 17.4. The van der Waals surface area contributed by atoms with Crippen LogP contribution in [-0.2, 0) is 98.2 Å². The maximum absolute atomic E-state index is 13.2. The van der Waals surface area contributed by atoms with Crippen molar-refractivity contribution in [2.24, 2.45) is 28.6 Å². The molecular weight excluding hydrogens is 1300 g/mol. The number of ether oxygens (including phenoxy) is 6. The first kappa shape index (κ1) is 73.0. The van der Waals surface area contributed by atoms with Crippen LogP contribution in [0.4, 0.5) is 26.3 Å². The second-order valence-corrected chi connectivity index (χ2v) is 23.8. The topological polar surface area (TPSA) is 288 Å². The van der Waals surface area contributed by atoms with Crippen LogP contribution in [0.5, 0.6) is 17.2 Å². The third-order valence-corrected chi connectivity index (χ3v) is 17.3. The molecule has 4 amide bonds. The number of aromatic nitrogens is 1. The smallest absolute Gasteiger partial charge is 0.416 e. The van der Waals surface area contributed by atoms with Gasteiger partial charge in [0, 0.05) is 34.3 Å². The summed E-state index contributed by atoms with van der Waals surface area (Å²) in [6.07, 6.45) is -8.80. The van der Waals surface area contributed by atoms with Crippen molar-refractivity contribution in [2.45, 2.75) is 83.5 Å². The van der Waals surface area contributed by atoms with Gasteiger partial charge in [-0.3, -0.25) is 54.2 Å². The third-order valence-electron chi connectivity index (χ3n) is 17.0. The largest absolute Gasteiger partial charge is 0.489 e. The second kappa shape index (κ2) is 30.9. The molecule has 0 radical (unpaired) electrons. The van der Waals surface area contributed by atoms with E-state index in [0.717, 1.165) is 33.3 Å². The molecule has 1 aromatic heterocycles. The summed E-state index contributed by atoms with van der Waals surface area (Å²) in [5.41, 5.74) is 4.08. The number of carbonyl (C=O) groups excluding carboxylic acids is 7. The van der Waals surface area contributed by atoms with E-state index in [4.69, 9.17) is 50.9 Å². The monoisotopic (exact) mass is 1370 g/mol. The number of hydroxylamine groups is 3. The van der Waals surface area contributed by atoms with Crippen LogP contribution in [0.3, 0.4) is 0 Å². The van der Waals surface area contributed by atoms with Crippen LogP contribution in [-0.4, -0.2) is 101 Å². The molecule has 7 aromatic rings. The first-order valence-electron chi connectivity index (χ1n) is 30.0. The number of hydrogen-bond acceptors (Lipinski definition) is 17. The number of alkyl halides is 6. The molecule has 10 rings (SSSR count). The maximum Gasteiger partial charge on any atom is 0.416 e. The van der Waals surface area contributed by atoms with Crippen LogP contribution in [0.2, 0.25) is 5.02 Å². The predicted octanol–water partition coefficient (Wildman–Crippen LogP) is 10.6. The Bertz CT molecular complexity index is 4000. The fourth-order valence-electron chi connectivity index (χ4n) is 11.7. The number of nitrogens with one attached hydrogen (secondary N) is 3. The molecule has 3 aliphatic carbocycles. The SMILES string of the molecule is CCOC(=O)[C@@]1(Cc2ccc(OCc3cc(C(F)(F)F)cc(C(F)(F)F)c3)cc2)C[C@@H]1C(=O)NO.COC(=O)CN(C)C(=O)[C@@]1(Cc2ccc(OCc3cc(C)nc4ccccc34)cc2)C[C@@H]1C(=O)NO.COC(=O)[C@]1(c2cccc(OCc3ccccc3Cl)c2)C[C@H]1C(=O)NO. The number of nitrogens with zero attached hydrogens (tertiary/aromatic N) is 2. The number of fused-ring (bicyclic) bond motifs is 1. The van der Waals surface area contributed by atoms with E-state index in [-0.39, 0.29) is 75.1 Å². The summed E-state index contributed by atoms with van der Waals surface area (Å²) in [5.74, 6) is -4.70. The fraction of sp³-hybridized carbons (Fsp3) is 0.333. The second-order valence-electron chi connectivity index (χ2n) is 23.4. The minimum absolute atomic E-state index is 0.0415. The predicted molar refractivity (Wildman–Crippen MR) is 333 cm³/mol. The van der Waals surface area contributed by atoms with E-state index in [9.17, 15) is 59.9 Å². The molecule has 6 atom stereocenters. The molecule has 514 valence electrons. The highest BCUT2D eigenvalue weighted by Crippen LogP contribution is 2.58. The lowest BCUT2D eigenvalue weighted by Crippen LogP contribution is -2.41. The van der Waals surface area contributed by atoms with Crippen LogP contribution >= 0.6 is 11.6 Å². The number of halogens is 7. The van der Waals surface area contributed by atoms with Gasteiger partial charge in [0.15, 0.2) is 0 Å². The molecule has 1 heterocycles. The Balaban J connectivity index is 0.000000188. The molecule has 0 spiro atoms. The normalized spacial score (nSPS) is 19.6. The van der Waals surface area contributed by atoms with Gasteiger partial charge in [-0.1, -0.05) is 84.4 Å². The molecule has 0 unspecified atom stereocenters. The van der Waals surface area contributed by atoms with Gasteiger partial charge in [-0.2, -0.15) is 26.3 Å². The molecule has 0 saturated heterocycles. The molecule has 0 aliphatic heterocycles. The molecule has 21 nitrogen and oxygen atoms in total. The number of methoxy groups -OCH3 is 2. The van der Waals surface area contributed by atoms with Crippen molar-refractivity contribution in [3.05, 3.63) is 201 Å². The van der Waals surface area contributed by atoms with E-state index in [1.807, 2.05) is 79.7 Å². The number of aryl methyl sites for hydroxylation is 1. The number of para-hydroxylation sites is 1. The zero-order chi connectivity index (χ0) is 70.6. The highest BCUT2D eigenvalue weighted by molar-refractivity contribution is 6.31. The van der Waals surface area contributed by atoms with Gasteiger partial charge >= 0.3 is 30.3 Å². The standard InChI is InChI=1S/C27H29N3O6.C23H21F6NO5.C19H18ClNO5/c1-17-12-19(21-6-4-5-7-23(21)28-17)16-36-20-10-8-18(9-11-20)13-27(14-22(27)25(32)29-34)26(33)30(2)15-24(31)35-3;1-2-34-20(32)21(11-18(21)19(31)30-33)10-13-3-5-17(6-4-13)35-12-14-7-15(22(24,25)26)9-16(8-14)23(27,28)29;1-25-18(23)19(10-15(19)17(22)21-24)13-6-4-7-14(9-13)26-11-12-5-2-3-8-16(12)20/h4-12,22,34H,13-16H2,1-3H3,(H,29,32);3-9,18,33H,2,10-12H2,1H3,(H,30,31);2-9,15,24H,10-11H2,1H3,(H,21,22)/t22-,27+;18-,21+;15-,19-/m110/s1. The minimum atomic E-state index is -4.96. The summed E-state index contributed by atoms with van der Waals surface area (Å²) >= 11 is 6.13. The van der Waals surface area contributed by atoms with Gasteiger partial charge in [-0.05, 0) is 141 Å². The van der Waals surface area contributed by atoms with Gasteiger partial charge in [0.2, 0.25) is 23.6 Å². The number of pyridine rings is 1. The van der Waals surface area contributed by atoms with E-state index in [0.29, 0.717) is 46.4 Å². The molecule has 3 fully saturated rings. The Kier molecular flexibility index (Phi) is 23.3. The van der Waals surface area contributed by atoms with Crippen molar-refractivity contribution in [3.63, 3.8) is 0 Å². The van der Waals surface area contributed by atoms with Crippen LogP contribution in [0.15, 0.2) is 146 Å². The van der Waals surface area contributed by atoms with E-state index >= 15 is 0 Å². The first-order valence-corrected chi connectivity index (χ1v) is 30.4. The Morgan fingerprint density at radius 3 is 1.67 bits per heavy atom. The lowest BCUT2D eigenvalue weighted by atomic mass is 9.92. The molecular formula is C69H68ClF6N5O16. The molecule has 6 N–H and O–H groups in total. The van der Waals surface area contributed by atoms with Crippen molar-refractivity contribution < 1.29 is 104 Å². The molecule has 3 saturated carbocycles. The van der Waals surface area contributed by atoms with Crippen molar-refractivity contribution in [1.82, 2.24) is 26.3 Å². The summed E-state index contributed by atoms with van der Waals surface area (Å²) in [4.78, 5) is 91.1. The first-order chi connectivity index (χ1) is 46.1. The van der Waals surface area contributed by atoms with E-state index in [1.54, 1.807) is 60.3 Å². The van der Waals surface area contributed by atoms with Gasteiger partial charge in [-0.15, -0.1) is 0 Å². The number of hydrogen-bond donors (Lipinski definition) is 6. The van der Waals surface area contributed by atoms with Crippen molar-refractivity contribution in [3.8, 4) is 17.2 Å². The summed E-state index contributed by atoms with van der Waals surface area (Å²) in [7, 11) is 4.01. The average molecular weight is 1370 g/mol. The van der Waals surface area contributed by atoms with Gasteiger partial charge in [0.1, 0.15) is 49.0 Å². The average Bonchev–Trinajstić information content (AvgIpc) is 1.57. The maximum atomic E-state index is 13.2. The van der Waals surface area contributed by atoms with Crippen LogP contribution < -0.4 is 30.7 Å². The zero-order valence-electron chi connectivity index (χ0n) is 52.8. The molecule has 3 aliphatic rings. The summed E-state index contributed by atoms with van der Waals surface area (Å²) in [6, 6.07) is 38.8. The Morgan fingerprint density at radius 1 is 0.577 bits per heavy atom. The van der Waals surface area contributed by atoms with E-state index in [1.165, 1.54) is 43.8 Å². The lowest BCUT2D eigenvalue weighted by Gasteiger charge is -2.24. The molecule has 28 heteroatoms. The Labute approximate surface area is 556 Å². The van der Waals surface area contributed by atoms with Crippen LogP contribution in [0.1, 0.15) is 76.4 Å². The van der Waals surface area contributed by atoms with Crippen molar-refractivity contribution in [1.29, 1.82) is 0 Å². The van der Waals surface area contributed by atoms with E-state index < -0.39 is 99.7 Å². The van der Waals surface area contributed by atoms with Crippen molar-refractivity contribution in [2.75, 3.05) is 34.4 Å². The summed E-state index contributed by atoms with van der Waals surface area (Å²) < 4.78 is 110. The van der Waals surface area contributed by atoms with Gasteiger partial charge < -0.3 is 33.3 Å². The number of amides is 4. The Morgan fingerprint density at radius 2 is 1.10 bits per heavy atom. The number of likely N-dealkylation sites (N-methyl/N-ethyl adjacent to an activating group) is 1. The zero-order valence-corrected chi connectivity index (χ0v) is 53.6. The molecule has 97 heavy (non-hydrogen) atoms. The minimum Gasteiger partial charge on any atom is -0.489 e. The highest BCUT2D eigenvalue weighted by Gasteiger charge is 2.67. The van der Waals surface area contributed by atoms with Gasteiger partial charge in [0.05, 0.1) is 66.1 Å². The van der Waals surface area contributed by atoms with Gasteiger partial charge in [0.25, 0.3) is 0 Å². The number of carbonyl (C=O) groups is 7. The number of rotatable bonds is 23. The number of esters is 3. The van der Waals surface area contributed by atoms with Crippen LogP contribution in [0, 0.1) is 35.5 Å². The molecule has 6 aromatic carbocycles. The number of benzene rings is 6. The Hall–Kier alpha value is -9.83. The lowest BCUT2D eigenvalue weighted by molar-refractivity contribution is -0.152. The van der Waals surface area contributed by atoms with Crippen molar-refractivity contribution >= 4 is 64.0 Å². The van der Waals surface area contributed by atoms with Gasteiger partial charge in [-0.25, -0.2) is 16.4 Å². The van der Waals surface area contributed by atoms with E-state index in [2.05, 4.69) is 9.72 Å². The quantitative estimate of drug-likeness (QED) is 0.0114. The highest BCUT2D eigenvalue weighted by atomic mass is 35.5. The summed E-state index contributed by atoms with van der Waals surface area (Å²) in [6.45, 7) is 3.55.